The fourth-order valence-electron chi connectivity index (χ4n) is 4.12. The lowest BCUT2D eigenvalue weighted by Gasteiger charge is -2.27. The SMILES string of the molecule is CC(C)(O)c1ccc(-c2cc3nccc(-c4cccc(C(=O)N5CCOCC5)c4)c3o2)cc1. The molecule has 2 aromatic carbocycles. The number of rotatable bonds is 4. The van der Waals surface area contributed by atoms with E-state index < -0.39 is 5.60 Å². The van der Waals surface area contributed by atoms with Crippen LogP contribution in [0.3, 0.4) is 0 Å². The third-order valence-electron chi connectivity index (χ3n) is 6.01. The highest BCUT2D eigenvalue weighted by Gasteiger charge is 2.20. The first-order valence-corrected chi connectivity index (χ1v) is 11.1. The van der Waals surface area contributed by atoms with Gasteiger partial charge in [-0.3, -0.25) is 9.78 Å². The summed E-state index contributed by atoms with van der Waals surface area (Å²) >= 11 is 0. The number of hydrogen-bond acceptors (Lipinski definition) is 5. The molecule has 1 aliphatic heterocycles. The first kappa shape index (κ1) is 21.4. The van der Waals surface area contributed by atoms with Crippen molar-refractivity contribution in [3.05, 3.63) is 78.0 Å². The van der Waals surface area contributed by atoms with Crippen LogP contribution in [0.2, 0.25) is 0 Å². The summed E-state index contributed by atoms with van der Waals surface area (Å²) in [4.78, 5) is 19.3. The Hall–Kier alpha value is -3.48. The molecular formula is C27H26N2O4. The Bertz CT molecular complexity index is 1300. The van der Waals surface area contributed by atoms with Gasteiger partial charge >= 0.3 is 0 Å². The molecule has 1 amide bonds. The highest BCUT2D eigenvalue weighted by molar-refractivity contribution is 5.98. The van der Waals surface area contributed by atoms with Crippen LogP contribution < -0.4 is 0 Å². The van der Waals surface area contributed by atoms with E-state index in [9.17, 15) is 9.90 Å². The van der Waals surface area contributed by atoms with Crippen LogP contribution in [0.1, 0.15) is 29.8 Å². The molecule has 2 aromatic heterocycles. The van der Waals surface area contributed by atoms with Gasteiger partial charge in [-0.25, -0.2) is 0 Å². The number of carbonyl (C=O) groups excluding carboxylic acids is 1. The minimum Gasteiger partial charge on any atom is -0.454 e. The number of aromatic nitrogens is 1. The van der Waals surface area contributed by atoms with Crippen LogP contribution in [0.25, 0.3) is 33.6 Å². The molecule has 1 saturated heterocycles. The zero-order valence-electron chi connectivity index (χ0n) is 18.7. The van der Waals surface area contributed by atoms with Gasteiger partial charge in [0.1, 0.15) is 11.3 Å². The molecular weight excluding hydrogens is 416 g/mol. The van der Waals surface area contributed by atoms with Crippen LogP contribution in [0.4, 0.5) is 0 Å². The quantitative estimate of drug-likeness (QED) is 0.488. The molecule has 33 heavy (non-hydrogen) atoms. The lowest BCUT2D eigenvalue weighted by atomic mass is 9.97. The number of morpholine rings is 1. The maximum atomic E-state index is 13.0. The molecule has 6 heteroatoms. The molecule has 1 N–H and O–H groups in total. The van der Waals surface area contributed by atoms with E-state index in [0.29, 0.717) is 43.2 Å². The smallest absolute Gasteiger partial charge is 0.254 e. The van der Waals surface area contributed by atoms with Gasteiger partial charge < -0.3 is 19.2 Å². The Kier molecular flexibility index (Phi) is 5.48. The van der Waals surface area contributed by atoms with Crippen LogP contribution in [-0.2, 0) is 10.3 Å². The minimum absolute atomic E-state index is 0.0116. The zero-order chi connectivity index (χ0) is 23.0. The Morgan fingerprint density at radius 1 is 1.00 bits per heavy atom. The molecule has 0 aliphatic carbocycles. The van der Waals surface area contributed by atoms with E-state index in [4.69, 9.17) is 9.15 Å². The lowest BCUT2D eigenvalue weighted by molar-refractivity contribution is 0.0303. The van der Waals surface area contributed by atoms with Crippen molar-refractivity contribution < 1.29 is 19.1 Å². The number of furan rings is 1. The molecule has 1 aliphatic rings. The molecule has 0 unspecified atom stereocenters. The number of amides is 1. The Morgan fingerprint density at radius 2 is 1.76 bits per heavy atom. The van der Waals surface area contributed by atoms with Crippen LogP contribution in [-0.4, -0.2) is 47.2 Å². The van der Waals surface area contributed by atoms with Crippen LogP contribution in [0.5, 0.6) is 0 Å². The van der Waals surface area contributed by atoms with Gasteiger partial charge in [0.05, 0.1) is 18.8 Å². The first-order valence-electron chi connectivity index (χ1n) is 11.1. The second kappa shape index (κ2) is 8.46. The minimum atomic E-state index is -0.898. The van der Waals surface area contributed by atoms with Crippen molar-refractivity contribution in [1.29, 1.82) is 0 Å². The van der Waals surface area contributed by atoms with E-state index >= 15 is 0 Å². The van der Waals surface area contributed by atoms with Crippen molar-refractivity contribution in [3.8, 4) is 22.5 Å². The fourth-order valence-corrected chi connectivity index (χ4v) is 4.12. The molecule has 0 bridgehead atoms. The summed E-state index contributed by atoms with van der Waals surface area (Å²) in [5.74, 6) is 0.713. The summed E-state index contributed by atoms with van der Waals surface area (Å²) in [7, 11) is 0. The van der Waals surface area contributed by atoms with E-state index in [2.05, 4.69) is 4.98 Å². The summed E-state index contributed by atoms with van der Waals surface area (Å²) in [6.07, 6.45) is 1.75. The summed E-state index contributed by atoms with van der Waals surface area (Å²) in [6.45, 7) is 5.88. The number of pyridine rings is 1. The van der Waals surface area contributed by atoms with Gasteiger partial charge in [-0.05, 0) is 43.2 Å². The van der Waals surface area contributed by atoms with E-state index in [0.717, 1.165) is 27.8 Å². The van der Waals surface area contributed by atoms with Crippen LogP contribution >= 0.6 is 0 Å². The Labute approximate surface area is 192 Å². The van der Waals surface area contributed by atoms with Gasteiger partial charge in [-0.1, -0.05) is 36.4 Å². The van der Waals surface area contributed by atoms with Crippen molar-refractivity contribution in [2.24, 2.45) is 0 Å². The number of nitrogens with zero attached hydrogens (tertiary/aromatic N) is 2. The number of hydrogen-bond donors (Lipinski definition) is 1. The molecule has 4 aromatic rings. The molecule has 6 nitrogen and oxygen atoms in total. The van der Waals surface area contributed by atoms with E-state index in [1.165, 1.54) is 0 Å². The van der Waals surface area contributed by atoms with Crippen molar-refractivity contribution >= 4 is 17.0 Å². The van der Waals surface area contributed by atoms with Crippen LogP contribution in [0, 0.1) is 0 Å². The van der Waals surface area contributed by atoms with Gasteiger partial charge in [0.2, 0.25) is 0 Å². The third-order valence-corrected chi connectivity index (χ3v) is 6.01. The van der Waals surface area contributed by atoms with Gasteiger partial charge in [-0.2, -0.15) is 0 Å². The Balaban J connectivity index is 1.50. The predicted octanol–water partition coefficient (Wildman–Crippen LogP) is 4.86. The third kappa shape index (κ3) is 4.27. The average Bonchev–Trinajstić information content (AvgIpc) is 3.28. The normalized spacial score (nSPS) is 14.6. The average molecular weight is 443 g/mol. The molecule has 1 fully saturated rings. The molecule has 0 radical (unpaired) electrons. The molecule has 0 saturated carbocycles. The topological polar surface area (TPSA) is 75.8 Å². The monoisotopic (exact) mass is 442 g/mol. The summed E-state index contributed by atoms with van der Waals surface area (Å²) in [5.41, 5.74) is 4.70. The predicted molar refractivity (Wildman–Crippen MR) is 127 cm³/mol. The van der Waals surface area contributed by atoms with Gasteiger partial charge in [0.25, 0.3) is 5.91 Å². The molecule has 0 spiro atoms. The first-order chi connectivity index (χ1) is 15.9. The largest absolute Gasteiger partial charge is 0.454 e. The van der Waals surface area contributed by atoms with Gasteiger partial charge in [0, 0.05) is 42.0 Å². The van der Waals surface area contributed by atoms with Crippen molar-refractivity contribution in [1.82, 2.24) is 9.88 Å². The van der Waals surface area contributed by atoms with Crippen molar-refractivity contribution in [2.45, 2.75) is 19.4 Å². The number of fused-ring (bicyclic) bond motifs is 1. The maximum Gasteiger partial charge on any atom is 0.254 e. The van der Waals surface area contributed by atoms with E-state index in [1.807, 2.05) is 65.6 Å². The number of carbonyl (C=O) groups is 1. The van der Waals surface area contributed by atoms with Crippen LogP contribution in [0.15, 0.2) is 71.3 Å². The van der Waals surface area contributed by atoms with E-state index in [1.54, 1.807) is 20.0 Å². The van der Waals surface area contributed by atoms with Crippen molar-refractivity contribution in [3.63, 3.8) is 0 Å². The number of aliphatic hydroxyl groups is 1. The summed E-state index contributed by atoms with van der Waals surface area (Å²) in [6, 6.07) is 19.1. The highest BCUT2D eigenvalue weighted by atomic mass is 16.5. The maximum absolute atomic E-state index is 13.0. The molecule has 5 rings (SSSR count). The number of ether oxygens (including phenoxy) is 1. The lowest BCUT2D eigenvalue weighted by Crippen LogP contribution is -2.40. The second-order valence-corrected chi connectivity index (χ2v) is 8.81. The van der Waals surface area contributed by atoms with Gasteiger partial charge in [0.15, 0.2) is 5.58 Å². The molecule has 168 valence electrons. The van der Waals surface area contributed by atoms with E-state index in [-0.39, 0.29) is 5.91 Å². The van der Waals surface area contributed by atoms with Gasteiger partial charge in [-0.15, -0.1) is 0 Å². The highest BCUT2D eigenvalue weighted by Crippen LogP contribution is 2.34. The molecule has 0 atom stereocenters. The second-order valence-electron chi connectivity index (χ2n) is 8.81. The van der Waals surface area contributed by atoms with Crippen molar-refractivity contribution in [2.75, 3.05) is 26.3 Å². The Morgan fingerprint density at radius 3 is 2.48 bits per heavy atom. The standard InChI is InChI=1S/C27H26N2O4/c1-27(2,31)21-8-6-18(7-9-21)24-17-23-25(33-24)22(10-11-28-23)19-4-3-5-20(16-19)26(30)29-12-14-32-15-13-29/h3-11,16-17,31H,12-15H2,1-2H3. The summed E-state index contributed by atoms with van der Waals surface area (Å²) < 4.78 is 11.6. The number of benzene rings is 2. The summed E-state index contributed by atoms with van der Waals surface area (Å²) in [5, 5.41) is 10.2. The zero-order valence-corrected chi connectivity index (χ0v) is 18.7. The molecule has 3 heterocycles. The fraction of sp³-hybridized carbons (Fsp3) is 0.259.